The highest BCUT2D eigenvalue weighted by Crippen LogP contribution is 2.24. The van der Waals surface area contributed by atoms with E-state index in [0.29, 0.717) is 5.69 Å². The van der Waals surface area contributed by atoms with Gasteiger partial charge in [0.25, 0.3) is 11.8 Å². The summed E-state index contributed by atoms with van der Waals surface area (Å²) in [7, 11) is 0. The Bertz CT molecular complexity index is 1000. The van der Waals surface area contributed by atoms with E-state index in [2.05, 4.69) is 22.8 Å². The van der Waals surface area contributed by atoms with Crippen LogP contribution in [0.3, 0.4) is 0 Å². The van der Waals surface area contributed by atoms with Crippen LogP contribution in [0.5, 0.6) is 0 Å². The van der Waals surface area contributed by atoms with E-state index < -0.39 is 11.8 Å². The Kier molecular flexibility index (Phi) is 6.30. The first-order chi connectivity index (χ1) is 14.0. The van der Waals surface area contributed by atoms with Gasteiger partial charge in [0.2, 0.25) is 0 Å². The fourth-order valence-corrected chi connectivity index (χ4v) is 3.45. The molecule has 6 nitrogen and oxygen atoms in total. The van der Waals surface area contributed by atoms with Crippen LogP contribution in [-0.2, 0) is 17.6 Å². The molecule has 3 rings (SSSR count). The molecule has 0 bridgehead atoms. The van der Waals surface area contributed by atoms with Gasteiger partial charge in [0.1, 0.15) is 11.6 Å². The molecule has 0 heterocycles. The molecule has 2 aromatic rings. The van der Waals surface area contributed by atoms with Gasteiger partial charge in [0.15, 0.2) is 0 Å². The van der Waals surface area contributed by atoms with Crippen LogP contribution in [0.2, 0.25) is 0 Å². The number of benzene rings is 2. The van der Waals surface area contributed by atoms with E-state index in [-0.39, 0.29) is 17.2 Å². The number of anilines is 1. The lowest BCUT2D eigenvalue weighted by Gasteiger charge is -2.20. The largest absolute Gasteiger partial charge is 0.398 e. The predicted molar refractivity (Wildman–Crippen MR) is 112 cm³/mol. The van der Waals surface area contributed by atoms with E-state index in [9.17, 15) is 14.9 Å². The topological polar surface area (TPSA) is 108 Å². The van der Waals surface area contributed by atoms with Crippen molar-refractivity contribution in [2.24, 2.45) is 0 Å². The number of fused-ring (bicyclic) bond motifs is 1. The van der Waals surface area contributed by atoms with Gasteiger partial charge >= 0.3 is 0 Å². The van der Waals surface area contributed by atoms with Crippen molar-refractivity contribution in [1.29, 1.82) is 5.26 Å². The second-order valence-electron chi connectivity index (χ2n) is 7.16. The van der Waals surface area contributed by atoms with Crippen LogP contribution >= 0.6 is 0 Å². The number of nitrogens with two attached hydrogens (primary N) is 1. The van der Waals surface area contributed by atoms with Crippen LogP contribution in [-0.4, -0.2) is 11.8 Å². The van der Waals surface area contributed by atoms with Crippen molar-refractivity contribution in [2.75, 3.05) is 5.73 Å². The summed E-state index contributed by atoms with van der Waals surface area (Å²) in [5.41, 5.74) is 9.90. The highest BCUT2D eigenvalue weighted by atomic mass is 16.2. The van der Waals surface area contributed by atoms with Gasteiger partial charge in [0.05, 0.1) is 11.6 Å². The Morgan fingerprint density at radius 2 is 1.86 bits per heavy atom. The summed E-state index contributed by atoms with van der Waals surface area (Å²) in [6.07, 6.45) is 5.67. The number of amides is 2. The quantitative estimate of drug-likeness (QED) is 0.415. The lowest BCUT2D eigenvalue weighted by molar-refractivity contribution is -0.117. The van der Waals surface area contributed by atoms with Gasteiger partial charge in [-0.2, -0.15) is 5.26 Å². The summed E-state index contributed by atoms with van der Waals surface area (Å²) in [6.45, 7) is 1.88. The van der Waals surface area contributed by atoms with Crippen molar-refractivity contribution < 1.29 is 9.59 Å². The predicted octanol–water partition coefficient (Wildman–Crippen LogP) is 3.16. The minimum absolute atomic E-state index is 0.183. The number of hydrogen-bond acceptors (Lipinski definition) is 4. The van der Waals surface area contributed by atoms with E-state index in [0.717, 1.165) is 24.6 Å². The lowest BCUT2D eigenvalue weighted by atomic mass is 9.89. The summed E-state index contributed by atoms with van der Waals surface area (Å²) < 4.78 is 0. The third-order valence-corrected chi connectivity index (χ3v) is 5.14. The Labute approximate surface area is 170 Å². The van der Waals surface area contributed by atoms with Crippen LogP contribution in [0.25, 0.3) is 0 Å². The number of aryl methyl sites for hydroxylation is 2. The molecule has 0 fully saturated rings. The van der Waals surface area contributed by atoms with Crippen LogP contribution in [0.4, 0.5) is 5.69 Å². The SMILES string of the molecule is CC(NC(=O)/C(C#N)=C\NC(=O)c1ccccc1N)c1ccc2c(c1)CCCC2. The number of para-hydroxylation sites is 1. The van der Waals surface area contributed by atoms with Gasteiger partial charge in [-0.05, 0) is 61.4 Å². The molecule has 1 atom stereocenters. The van der Waals surface area contributed by atoms with Gasteiger partial charge in [-0.3, -0.25) is 9.59 Å². The summed E-state index contributed by atoms with van der Waals surface area (Å²) >= 11 is 0. The summed E-state index contributed by atoms with van der Waals surface area (Å²) in [4.78, 5) is 24.7. The lowest BCUT2D eigenvalue weighted by Crippen LogP contribution is -2.29. The Morgan fingerprint density at radius 1 is 1.14 bits per heavy atom. The van der Waals surface area contributed by atoms with Gasteiger partial charge in [-0.25, -0.2) is 0 Å². The number of carbonyl (C=O) groups excluding carboxylic acids is 2. The molecule has 0 saturated carbocycles. The van der Waals surface area contributed by atoms with Crippen molar-refractivity contribution in [3.05, 3.63) is 76.5 Å². The Hall–Kier alpha value is -3.59. The fraction of sp³-hybridized carbons (Fsp3) is 0.261. The molecule has 6 heteroatoms. The molecule has 4 N–H and O–H groups in total. The van der Waals surface area contributed by atoms with Crippen molar-refractivity contribution in [3.63, 3.8) is 0 Å². The summed E-state index contributed by atoms with van der Waals surface area (Å²) in [6, 6.07) is 14.4. The summed E-state index contributed by atoms with van der Waals surface area (Å²) in [5, 5.41) is 14.6. The van der Waals surface area contributed by atoms with Crippen molar-refractivity contribution >= 4 is 17.5 Å². The monoisotopic (exact) mass is 388 g/mol. The zero-order valence-electron chi connectivity index (χ0n) is 16.4. The Balaban J connectivity index is 1.66. The first kappa shape index (κ1) is 20.2. The minimum Gasteiger partial charge on any atom is -0.398 e. The van der Waals surface area contributed by atoms with Gasteiger partial charge in [-0.15, -0.1) is 0 Å². The maximum atomic E-state index is 12.5. The maximum Gasteiger partial charge on any atom is 0.263 e. The number of hydrogen-bond donors (Lipinski definition) is 3. The van der Waals surface area contributed by atoms with Crippen LogP contribution in [0.15, 0.2) is 54.2 Å². The number of nitrogens with zero attached hydrogens (tertiary/aromatic N) is 1. The Morgan fingerprint density at radius 3 is 2.59 bits per heavy atom. The molecule has 0 aromatic heterocycles. The molecule has 1 aliphatic carbocycles. The van der Waals surface area contributed by atoms with E-state index in [1.54, 1.807) is 24.3 Å². The molecule has 29 heavy (non-hydrogen) atoms. The normalized spacial score (nSPS) is 14.3. The molecule has 2 aromatic carbocycles. The van der Waals surface area contributed by atoms with Crippen LogP contribution in [0, 0.1) is 11.3 Å². The zero-order valence-corrected chi connectivity index (χ0v) is 16.4. The molecule has 2 amide bonds. The zero-order chi connectivity index (χ0) is 20.8. The first-order valence-corrected chi connectivity index (χ1v) is 9.68. The number of nitrogen functional groups attached to an aromatic ring is 1. The van der Waals surface area contributed by atoms with Crippen molar-refractivity contribution in [3.8, 4) is 6.07 Å². The molecule has 0 aliphatic heterocycles. The standard InChI is InChI=1S/C23H24N4O2/c1-15(17-11-10-16-6-2-3-7-18(16)12-17)27-22(28)19(13-24)14-26-23(29)20-8-4-5-9-21(20)25/h4-5,8-12,14-15H,2-3,6-7,25H2,1H3,(H,26,29)(H,27,28)/b19-14-. The number of carbonyl (C=O) groups is 2. The molecule has 1 unspecified atom stereocenters. The second kappa shape index (κ2) is 9.07. The van der Waals surface area contributed by atoms with Crippen LogP contribution in [0.1, 0.15) is 52.9 Å². The van der Waals surface area contributed by atoms with Crippen LogP contribution < -0.4 is 16.4 Å². The fourth-order valence-electron chi connectivity index (χ4n) is 3.45. The highest BCUT2D eigenvalue weighted by Gasteiger charge is 2.17. The molecule has 1 aliphatic rings. The number of rotatable bonds is 5. The van der Waals surface area contributed by atoms with Gasteiger partial charge < -0.3 is 16.4 Å². The smallest absolute Gasteiger partial charge is 0.263 e. The van der Waals surface area contributed by atoms with E-state index >= 15 is 0 Å². The third-order valence-electron chi connectivity index (χ3n) is 5.14. The molecule has 0 radical (unpaired) electrons. The minimum atomic E-state index is -0.543. The van der Waals surface area contributed by atoms with Gasteiger partial charge in [0, 0.05) is 11.9 Å². The van der Waals surface area contributed by atoms with Crippen molar-refractivity contribution in [2.45, 2.75) is 38.6 Å². The number of nitrogens with one attached hydrogen (secondary N) is 2. The summed E-state index contributed by atoms with van der Waals surface area (Å²) in [5.74, 6) is -1.02. The van der Waals surface area contributed by atoms with E-state index in [1.165, 1.54) is 24.0 Å². The highest BCUT2D eigenvalue weighted by molar-refractivity contribution is 6.01. The number of nitriles is 1. The first-order valence-electron chi connectivity index (χ1n) is 9.68. The molecular formula is C23H24N4O2. The van der Waals surface area contributed by atoms with Gasteiger partial charge in [-0.1, -0.05) is 30.3 Å². The molecular weight excluding hydrogens is 364 g/mol. The van der Waals surface area contributed by atoms with E-state index in [1.807, 2.05) is 19.1 Å². The molecule has 0 spiro atoms. The average molecular weight is 388 g/mol. The second-order valence-corrected chi connectivity index (χ2v) is 7.16. The van der Waals surface area contributed by atoms with E-state index in [4.69, 9.17) is 5.73 Å². The van der Waals surface area contributed by atoms with Crippen molar-refractivity contribution in [1.82, 2.24) is 10.6 Å². The molecule has 148 valence electrons. The average Bonchev–Trinajstić information content (AvgIpc) is 2.74. The maximum absolute atomic E-state index is 12.5. The molecule has 0 saturated heterocycles. The third kappa shape index (κ3) is 4.82.